The highest BCUT2D eigenvalue weighted by atomic mass is 14.9. The number of hydrogen-bond donors (Lipinski definition) is 0. The average molecular weight is 247 g/mol. The summed E-state index contributed by atoms with van der Waals surface area (Å²) < 4.78 is 0. The van der Waals surface area contributed by atoms with Gasteiger partial charge in [0.2, 0.25) is 0 Å². The first-order valence-corrected chi connectivity index (χ1v) is 6.72. The first-order chi connectivity index (χ1) is 9.39. The second kappa shape index (κ2) is 5.23. The Bertz CT molecular complexity index is 578. The lowest BCUT2D eigenvalue weighted by Crippen LogP contribution is -2.01. The van der Waals surface area contributed by atoms with Gasteiger partial charge in [-0.05, 0) is 30.0 Å². The summed E-state index contributed by atoms with van der Waals surface area (Å²) >= 11 is 0. The highest BCUT2D eigenvalue weighted by Crippen LogP contribution is 2.49. The third-order valence-electron chi connectivity index (χ3n) is 3.53. The van der Waals surface area contributed by atoms with Gasteiger partial charge in [0, 0.05) is 6.21 Å². The van der Waals surface area contributed by atoms with E-state index in [4.69, 9.17) is 4.99 Å². The molecule has 3 rings (SSSR count). The van der Waals surface area contributed by atoms with Crippen molar-refractivity contribution in [2.75, 3.05) is 0 Å². The first-order valence-electron chi connectivity index (χ1n) is 6.72. The minimum atomic E-state index is 0.0578. The predicted octanol–water partition coefficient (Wildman–Crippen LogP) is 4.46. The molecule has 2 aromatic carbocycles. The van der Waals surface area contributed by atoms with Crippen molar-refractivity contribution < 1.29 is 0 Å². The molecule has 2 aromatic rings. The van der Waals surface area contributed by atoms with Crippen molar-refractivity contribution in [1.82, 2.24) is 0 Å². The molecule has 0 aromatic heterocycles. The Kier molecular flexibility index (Phi) is 3.28. The van der Waals surface area contributed by atoms with Crippen LogP contribution in [-0.4, -0.2) is 6.21 Å². The maximum absolute atomic E-state index is 4.74. The summed E-state index contributed by atoms with van der Waals surface area (Å²) in [5.41, 5.74) is 2.60. The normalized spacial score (nSPS) is 17.1. The molecule has 0 aliphatic heterocycles. The van der Waals surface area contributed by atoms with E-state index in [-0.39, 0.29) is 5.54 Å². The van der Waals surface area contributed by atoms with Crippen molar-refractivity contribution in [2.45, 2.75) is 18.4 Å². The van der Waals surface area contributed by atoms with Crippen LogP contribution in [0.25, 0.3) is 6.08 Å². The van der Waals surface area contributed by atoms with E-state index in [0.717, 1.165) is 12.8 Å². The van der Waals surface area contributed by atoms with Crippen LogP contribution in [0.1, 0.15) is 24.0 Å². The van der Waals surface area contributed by atoms with E-state index >= 15 is 0 Å². The second-order valence-electron chi connectivity index (χ2n) is 4.95. The zero-order valence-corrected chi connectivity index (χ0v) is 10.9. The zero-order chi connectivity index (χ0) is 13.0. The van der Waals surface area contributed by atoms with Crippen LogP contribution in [0.15, 0.2) is 71.7 Å². The van der Waals surface area contributed by atoms with Crippen LogP contribution in [0.2, 0.25) is 0 Å². The van der Waals surface area contributed by atoms with E-state index in [9.17, 15) is 0 Å². The SMILES string of the molecule is C(/C=C/c1ccccc1)=NC1(c2ccccc2)CC1. The van der Waals surface area contributed by atoms with E-state index in [1.807, 2.05) is 30.5 Å². The number of benzene rings is 2. The Morgan fingerprint density at radius 2 is 1.47 bits per heavy atom. The summed E-state index contributed by atoms with van der Waals surface area (Å²) in [6, 6.07) is 20.9. The van der Waals surface area contributed by atoms with Gasteiger partial charge in [0.1, 0.15) is 0 Å². The maximum Gasteiger partial charge on any atom is 0.0858 e. The quantitative estimate of drug-likeness (QED) is 0.707. The largest absolute Gasteiger partial charge is 0.282 e. The molecule has 1 nitrogen and oxygen atoms in total. The van der Waals surface area contributed by atoms with Crippen LogP contribution < -0.4 is 0 Å². The Balaban J connectivity index is 1.69. The number of rotatable bonds is 4. The Morgan fingerprint density at radius 1 is 0.842 bits per heavy atom. The van der Waals surface area contributed by atoms with Gasteiger partial charge in [-0.3, -0.25) is 4.99 Å². The molecule has 1 heteroatoms. The molecule has 0 unspecified atom stereocenters. The molecule has 1 saturated carbocycles. The maximum atomic E-state index is 4.74. The summed E-state index contributed by atoms with van der Waals surface area (Å²) in [6.07, 6.45) is 8.37. The number of aliphatic imine (C=N–C) groups is 1. The van der Waals surface area contributed by atoms with Gasteiger partial charge in [-0.15, -0.1) is 0 Å². The predicted molar refractivity (Wildman–Crippen MR) is 81.3 cm³/mol. The van der Waals surface area contributed by atoms with Gasteiger partial charge in [-0.1, -0.05) is 66.7 Å². The van der Waals surface area contributed by atoms with Crippen molar-refractivity contribution >= 4 is 12.3 Å². The fraction of sp³-hybridized carbons (Fsp3) is 0.167. The Hall–Kier alpha value is -2.15. The first kappa shape index (κ1) is 11.9. The summed E-state index contributed by atoms with van der Waals surface area (Å²) in [4.78, 5) is 4.74. The fourth-order valence-electron chi connectivity index (χ4n) is 2.26. The molecule has 0 spiro atoms. The third-order valence-corrected chi connectivity index (χ3v) is 3.53. The molecule has 0 bridgehead atoms. The van der Waals surface area contributed by atoms with Crippen LogP contribution in [0.5, 0.6) is 0 Å². The van der Waals surface area contributed by atoms with Gasteiger partial charge in [-0.25, -0.2) is 0 Å². The molecular weight excluding hydrogens is 230 g/mol. The van der Waals surface area contributed by atoms with Gasteiger partial charge in [-0.2, -0.15) is 0 Å². The molecule has 1 fully saturated rings. The lowest BCUT2D eigenvalue weighted by Gasteiger charge is -2.08. The molecule has 0 heterocycles. The van der Waals surface area contributed by atoms with E-state index in [1.165, 1.54) is 11.1 Å². The van der Waals surface area contributed by atoms with Crippen molar-refractivity contribution in [3.8, 4) is 0 Å². The van der Waals surface area contributed by atoms with Crippen molar-refractivity contribution in [3.63, 3.8) is 0 Å². The molecule has 0 saturated heterocycles. The lowest BCUT2D eigenvalue weighted by molar-refractivity contribution is 0.748. The topological polar surface area (TPSA) is 12.4 Å². The smallest absolute Gasteiger partial charge is 0.0858 e. The van der Waals surface area contributed by atoms with Crippen molar-refractivity contribution in [3.05, 3.63) is 77.9 Å². The molecule has 0 N–H and O–H groups in total. The minimum absolute atomic E-state index is 0.0578. The second-order valence-corrected chi connectivity index (χ2v) is 4.95. The van der Waals surface area contributed by atoms with Gasteiger partial charge in [0.15, 0.2) is 0 Å². The van der Waals surface area contributed by atoms with Crippen LogP contribution in [0.3, 0.4) is 0 Å². The van der Waals surface area contributed by atoms with Gasteiger partial charge in [0.25, 0.3) is 0 Å². The Labute approximate surface area is 114 Å². The Morgan fingerprint density at radius 3 is 2.11 bits per heavy atom. The number of hydrogen-bond acceptors (Lipinski definition) is 1. The molecular formula is C18H17N. The van der Waals surface area contributed by atoms with Crippen molar-refractivity contribution in [1.29, 1.82) is 0 Å². The molecule has 0 radical (unpaired) electrons. The zero-order valence-electron chi connectivity index (χ0n) is 10.9. The lowest BCUT2D eigenvalue weighted by atomic mass is 10.1. The van der Waals surface area contributed by atoms with Crippen LogP contribution >= 0.6 is 0 Å². The molecule has 0 atom stereocenters. The van der Waals surface area contributed by atoms with Crippen molar-refractivity contribution in [2.24, 2.45) is 4.99 Å². The van der Waals surface area contributed by atoms with Crippen LogP contribution in [-0.2, 0) is 5.54 Å². The average Bonchev–Trinajstić information content (AvgIpc) is 3.27. The van der Waals surface area contributed by atoms with Gasteiger partial charge < -0.3 is 0 Å². The minimum Gasteiger partial charge on any atom is -0.282 e. The van der Waals surface area contributed by atoms with E-state index in [1.54, 1.807) is 0 Å². The van der Waals surface area contributed by atoms with E-state index in [2.05, 4.69) is 48.5 Å². The number of allylic oxidation sites excluding steroid dienone is 1. The summed E-state index contributed by atoms with van der Waals surface area (Å²) in [7, 11) is 0. The molecule has 0 amide bonds. The third kappa shape index (κ3) is 2.82. The highest BCUT2D eigenvalue weighted by molar-refractivity contribution is 5.78. The standard InChI is InChI=1S/C18H17N/c1-3-8-16(9-4-1)10-7-15-19-18(13-14-18)17-11-5-2-6-12-17/h1-12,15H,13-14H2/b10-7+,19-15?. The summed E-state index contributed by atoms with van der Waals surface area (Å²) in [6.45, 7) is 0. The fourth-order valence-corrected chi connectivity index (χ4v) is 2.26. The molecule has 1 aliphatic carbocycles. The van der Waals surface area contributed by atoms with E-state index < -0.39 is 0 Å². The van der Waals surface area contributed by atoms with Gasteiger partial charge in [0.05, 0.1) is 5.54 Å². The molecule has 1 aliphatic rings. The van der Waals surface area contributed by atoms with Crippen LogP contribution in [0, 0.1) is 0 Å². The summed E-state index contributed by atoms with van der Waals surface area (Å²) in [5, 5.41) is 0. The van der Waals surface area contributed by atoms with Crippen LogP contribution in [0.4, 0.5) is 0 Å². The number of nitrogens with zero attached hydrogens (tertiary/aromatic N) is 1. The van der Waals surface area contributed by atoms with E-state index in [0.29, 0.717) is 0 Å². The summed E-state index contributed by atoms with van der Waals surface area (Å²) in [5.74, 6) is 0. The van der Waals surface area contributed by atoms with Gasteiger partial charge >= 0.3 is 0 Å². The molecule has 94 valence electrons. The highest BCUT2D eigenvalue weighted by Gasteiger charge is 2.43. The monoisotopic (exact) mass is 247 g/mol. The molecule has 19 heavy (non-hydrogen) atoms.